The van der Waals surface area contributed by atoms with Crippen LogP contribution in [0.25, 0.3) is 0 Å². The highest BCUT2D eigenvalue weighted by Crippen LogP contribution is 2.27. The number of hydrogen-bond donors (Lipinski definition) is 1. The van der Waals surface area contributed by atoms with Crippen molar-refractivity contribution < 1.29 is 9.13 Å². The molecule has 96 valence electrons. The molecule has 0 aliphatic carbocycles. The maximum absolute atomic E-state index is 13.8. The largest absolute Gasteiger partial charge is 0.485 e. The molecule has 1 rings (SSSR count). The van der Waals surface area contributed by atoms with E-state index in [4.69, 9.17) is 10.5 Å². The lowest BCUT2D eigenvalue weighted by Gasteiger charge is -2.22. The predicted molar refractivity (Wildman–Crippen MR) is 68.9 cm³/mol. The second kappa shape index (κ2) is 5.50. The van der Waals surface area contributed by atoms with Gasteiger partial charge in [0.1, 0.15) is 5.60 Å². The first-order valence-electron chi connectivity index (χ1n) is 6.02. The summed E-state index contributed by atoms with van der Waals surface area (Å²) in [6, 6.07) is 5.15. The topological polar surface area (TPSA) is 35.2 Å². The number of hydrogen-bond acceptors (Lipinski definition) is 2. The summed E-state index contributed by atoms with van der Waals surface area (Å²) in [5, 5.41) is 0. The molecule has 1 unspecified atom stereocenters. The monoisotopic (exact) mass is 239 g/mol. The first-order valence-corrected chi connectivity index (χ1v) is 6.02. The summed E-state index contributed by atoms with van der Waals surface area (Å²) in [6.07, 6.45) is 0.860. The first kappa shape index (κ1) is 14.0. The number of rotatable bonds is 4. The maximum Gasteiger partial charge on any atom is 0.165 e. The molecule has 3 heteroatoms. The van der Waals surface area contributed by atoms with E-state index in [2.05, 4.69) is 0 Å². The highest BCUT2D eigenvalue weighted by molar-refractivity contribution is 5.31. The Kier molecular flexibility index (Phi) is 4.52. The van der Waals surface area contributed by atoms with Crippen LogP contribution in [0.5, 0.6) is 5.75 Å². The average molecular weight is 239 g/mol. The van der Waals surface area contributed by atoms with E-state index in [-0.39, 0.29) is 17.3 Å². The Morgan fingerprint density at radius 2 is 2.00 bits per heavy atom. The quantitative estimate of drug-likeness (QED) is 0.873. The van der Waals surface area contributed by atoms with Gasteiger partial charge in [0.25, 0.3) is 0 Å². The molecule has 0 aliphatic heterocycles. The highest BCUT2D eigenvalue weighted by atomic mass is 19.1. The molecule has 2 nitrogen and oxygen atoms in total. The molecule has 0 radical (unpaired) electrons. The number of halogens is 1. The van der Waals surface area contributed by atoms with Gasteiger partial charge in [-0.1, -0.05) is 13.0 Å². The van der Waals surface area contributed by atoms with E-state index in [1.807, 2.05) is 33.8 Å². The van der Waals surface area contributed by atoms with Crippen molar-refractivity contribution in [3.05, 3.63) is 29.6 Å². The minimum atomic E-state index is -0.384. The van der Waals surface area contributed by atoms with Gasteiger partial charge in [-0.2, -0.15) is 0 Å². The normalized spacial score (nSPS) is 13.5. The minimum Gasteiger partial charge on any atom is -0.485 e. The molecule has 0 aliphatic rings. The molecule has 0 fully saturated rings. The van der Waals surface area contributed by atoms with Crippen molar-refractivity contribution >= 4 is 0 Å². The van der Waals surface area contributed by atoms with Crippen molar-refractivity contribution in [2.24, 2.45) is 5.73 Å². The fourth-order valence-corrected chi connectivity index (χ4v) is 1.65. The molecular weight excluding hydrogens is 217 g/mol. The number of nitrogens with two attached hydrogens (primary N) is 1. The van der Waals surface area contributed by atoms with Crippen molar-refractivity contribution in [3.63, 3.8) is 0 Å². The Bertz CT molecular complexity index is 371. The third-order valence-corrected chi connectivity index (χ3v) is 2.54. The smallest absolute Gasteiger partial charge is 0.165 e. The number of ether oxygens (including phenoxy) is 1. The van der Waals surface area contributed by atoms with Crippen LogP contribution in [-0.4, -0.2) is 12.1 Å². The van der Waals surface area contributed by atoms with Crippen LogP contribution in [-0.2, 0) is 0 Å². The molecule has 0 saturated heterocycles. The standard InChI is InChI=1S/C14H22FNO/c1-10(7-8-16)11-5-6-13(12(15)9-11)17-14(2,3)4/h5-6,9-10H,7-8,16H2,1-4H3. The van der Waals surface area contributed by atoms with Crippen LogP contribution in [0.2, 0.25) is 0 Å². The summed E-state index contributed by atoms with van der Waals surface area (Å²) >= 11 is 0. The average Bonchev–Trinajstić information content (AvgIpc) is 2.19. The van der Waals surface area contributed by atoms with Crippen LogP contribution < -0.4 is 10.5 Å². The van der Waals surface area contributed by atoms with E-state index in [1.54, 1.807) is 12.1 Å². The van der Waals surface area contributed by atoms with Crippen LogP contribution in [0.4, 0.5) is 4.39 Å². The third kappa shape index (κ3) is 4.35. The van der Waals surface area contributed by atoms with E-state index in [9.17, 15) is 4.39 Å². The van der Waals surface area contributed by atoms with Gasteiger partial charge in [-0.25, -0.2) is 4.39 Å². The molecule has 1 aromatic rings. The Morgan fingerprint density at radius 1 is 1.35 bits per heavy atom. The van der Waals surface area contributed by atoms with Crippen LogP contribution in [0.3, 0.4) is 0 Å². The summed E-state index contributed by atoms with van der Waals surface area (Å²) in [5.74, 6) is 0.278. The summed E-state index contributed by atoms with van der Waals surface area (Å²) in [6.45, 7) is 8.36. The van der Waals surface area contributed by atoms with Crippen molar-refractivity contribution in [1.29, 1.82) is 0 Å². The zero-order valence-corrected chi connectivity index (χ0v) is 11.1. The third-order valence-electron chi connectivity index (χ3n) is 2.54. The van der Waals surface area contributed by atoms with E-state index in [1.165, 1.54) is 0 Å². The van der Waals surface area contributed by atoms with Crippen LogP contribution in [0.15, 0.2) is 18.2 Å². The van der Waals surface area contributed by atoms with Crippen LogP contribution >= 0.6 is 0 Å². The van der Waals surface area contributed by atoms with Gasteiger partial charge in [0.05, 0.1) is 0 Å². The van der Waals surface area contributed by atoms with E-state index in [0.717, 1.165) is 12.0 Å². The predicted octanol–water partition coefficient (Wildman–Crippen LogP) is 3.46. The van der Waals surface area contributed by atoms with E-state index < -0.39 is 0 Å². The van der Waals surface area contributed by atoms with Crippen LogP contribution in [0.1, 0.15) is 45.6 Å². The Labute approximate surface area is 103 Å². The fraction of sp³-hybridized carbons (Fsp3) is 0.571. The van der Waals surface area contributed by atoms with Gasteiger partial charge in [-0.15, -0.1) is 0 Å². The van der Waals surface area contributed by atoms with Crippen molar-refractivity contribution in [2.75, 3.05) is 6.54 Å². The Morgan fingerprint density at radius 3 is 2.47 bits per heavy atom. The SMILES string of the molecule is CC(CCN)c1ccc(OC(C)(C)C)c(F)c1. The molecule has 0 bridgehead atoms. The molecule has 2 N–H and O–H groups in total. The van der Waals surface area contributed by atoms with Crippen molar-refractivity contribution in [1.82, 2.24) is 0 Å². The Hall–Kier alpha value is -1.09. The molecule has 0 spiro atoms. The lowest BCUT2D eigenvalue weighted by atomic mass is 9.97. The van der Waals surface area contributed by atoms with Crippen molar-refractivity contribution in [3.8, 4) is 5.75 Å². The Balaban J connectivity index is 2.86. The molecule has 1 atom stereocenters. The lowest BCUT2D eigenvalue weighted by Crippen LogP contribution is -2.23. The minimum absolute atomic E-state index is 0.276. The summed E-state index contributed by atoms with van der Waals surface area (Å²) in [5.41, 5.74) is 6.08. The zero-order valence-electron chi connectivity index (χ0n) is 11.1. The molecular formula is C14H22FNO. The van der Waals surface area contributed by atoms with E-state index in [0.29, 0.717) is 12.3 Å². The maximum atomic E-state index is 13.8. The molecule has 17 heavy (non-hydrogen) atoms. The van der Waals surface area contributed by atoms with Gasteiger partial charge in [0.15, 0.2) is 11.6 Å². The molecule has 0 heterocycles. The highest BCUT2D eigenvalue weighted by Gasteiger charge is 2.16. The van der Waals surface area contributed by atoms with Gasteiger partial charge < -0.3 is 10.5 Å². The summed E-state index contributed by atoms with van der Waals surface area (Å²) < 4.78 is 19.4. The lowest BCUT2D eigenvalue weighted by molar-refractivity contribution is 0.124. The molecule has 1 aromatic carbocycles. The van der Waals surface area contributed by atoms with Gasteiger partial charge in [-0.3, -0.25) is 0 Å². The summed E-state index contributed by atoms with van der Waals surface area (Å²) in [4.78, 5) is 0. The second-order valence-electron chi connectivity index (χ2n) is 5.38. The first-order chi connectivity index (χ1) is 7.83. The fourth-order valence-electron chi connectivity index (χ4n) is 1.65. The second-order valence-corrected chi connectivity index (χ2v) is 5.38. The van der Waals surface area contributed by atoms with Crippen molar-refractivity contribution in [2.45, 2.75) is 45.6 Å². The molecule has 0 aromatic heterocycles. The van der Waals surface area contributed by atoms with E-state index >= 15 is 0 Å². The number of benzene rings is 1. The van der Waals surface area contributed by atoms with Gasteiger partial charge in [0, 0.05) is 0 Å². The van der Waals surface area contributed by atoms with Gasteiger partial charge >= 0.3 is 0 Å². The summed E-state index contributed by atoms with van der Waals surface area (Å²) in [7, 11) is 0. The molecule has 0 saturated carbocycles. The molecule has 0 amide bonds. The van der Waals surface area contributed by atoms with Gasteiger partial charge in [-0.05, 0) is 57.4 Å². The zero-order chi connectivity index (χ0) is 13.1. The van der Waals surface area contributed by atoms with Gasteiger partial charge in [0.2, 0.25) is 0 Å². The van der Waals surface area contributed by atoms with Crippen LogP contribution in [0, 0.1) is 5.82 Å².